The lowest BCUT2D eigenvalue weighted by Gasteiger charge is -2.28. The molecular weight excluding hydrogens is 206 g/mol. The third-order valence-electron chi connectivity index (χ3n) is 3.11. The molecule has 1 heterocycles. The van der Waals surface area contributed by atoms with Gasteiger partial charge in [-0.1, -0.05) is 12.8 Å². The summed E-state index contributed by atoms with van der Waals surface area (Å²) in [4.78, 5) is 8.08. The van der Waals surface area contributed by atoms with E-state index in [1.54, 1.807) is 13.2 Å². The molecule has 0 amide bonds. The van der Waals surface area contributed by atoms with Crippen LogP contribution in [-0.2, 0) is 0 Å². The average molecular weight is 223 g/mol. The molecule has 0 saturated heterocycles. The van der Waals surface area contributed by atoms with Gasteiger partial charge in [-0.15, -0.1) is 0 Å². The molecule has 0 aromatic carbocycles. The highest BCUT2D eigenvalue weighted by molar-refractivity contribution is 5.40. The Bertz CT molecular complexity index is 351. The Kier molecular flexibility index (Phi) is 3.24. The van der Waals surface area contributed by atoms with Gasteiger partial charge >= 0.3 is 0 Å². The van der Waals surface area contributed by atoms with Crippen LogP contribution in [0.4, 0.5) is 5.82 Å². The summed E-state index contributed by atoms with van der Waals surface area (Å²) in [7, 11) is 1.57. The standard InChI is InChI=1S/C11H17N3O2/c1-16-10-6-9(12-8-13-10)14-11(7-15)4-2-3-5-11/h6,8,15H,2-5,7H2,1H3,(H,12,13,14). The molecule has 16 heavy (non-hydrogen) atoms. The van der Waals surface area contributed by atoms with Crippen molar-refractivity contribution >= 4 is 5.82 Å². The molecule has 1 aliphatic rings. The van der Waals surface area contributed by atoms with E-state index in [0.717, 1.165) is 25.7 Å². The minimum absolute atomic E-state index is 0.138. The normalized spacial score (nSPS) is 18.4. The van der Waals surface area contributed by atoms with Gasteiger partial charge in [0.2, 0.25) is 5.88 Å². The van der Waals surface area contributed by atoms with Crippen molar-refractivity contribution in [2.45, 2.75) is 31.2 Å². The lowest BCUT2D eigenvalue weighted by atomic mass is 9.99. The molecule has 5 heteroatoms. The van der Waals surface area contributed by atoms with Gasteiger partial charge in [0.1, 0.15) is 12.1 Å². The van der Waals surface area contributed by atoms with E-state index in [4.69, 9.17) is 4.74 Å². The highest BCUT2D eigenvalue weighted by Crippen LogP contribution is 2.32. The van der Waals surface area contributed by atoms with Crippen LogP contribution in [0, 0.1) is 0 Å². The molecule has 1 saturated carbocycles. The van der Waals surface area contributed by atoms with E-state index in [2.05, 4.69) is 15.3 Å². The maximum Gasteiger partial charge on any atom is 0.218 e. The first-order valence-electron chi connectivity index (χ1n) is 5.53. The Hall–Kier alpha value is -1.36. The Labute approximate surface area is 94.9 Å². The first-order chi connectivity index (χ1) is 7.78. The molecule has 1 aromatic heterocycles. The monoisotopic (exact) mass is 223 g/mol. The summed E-state index contributed by atoms with van der Waals surface area (Å²) in [6, 6.07) is 1.75. The molecule has 0 spiro atoms. The van der Waals surface area contributed by atoms with Gasteiger partial charge in [-0.2, -0.15) is 0 Å². The molecule has 5 nitrogen and oxygen atoms in total. The largest absolute Gasteiger partial charge is 0.481 e. The number of hydrogen-bond donors (Lipinski definition) is 2. The van der Waals surface area contributed by atoms with Crippen molar-refractivity contribution in [1.29, 1.82) is 0 Å². The first-order valence-corrected chi connectivity index (χ1v) is 5.53. The summed E-state index contributed by atoms with van der Waals surface area (Å²) >= 11 is 0. The Balaban J connectivity index is 2.12. The van der Waals surface area contributed by atoms with Crippen molar-refractivity contribution in [2.24, 2.45) is 0 Å². The van der Waals surface area contributed by atoms with Crippen molar-refractivity contribution in [3.63, 3.8) is 0 Å². The molecule has 2 N–H and O–H groups in total. The molecule has 88 valence electrons. The Morgan fingerprint density at radius 3 is 2.81 bits per heavy atom. The number of methoxy groups -OCH3 is 1. The van der Waals surface area contributed by atoms with Crippen LogP contribution in [0.1, 0.15) is 25.7 Å². The van der Waals surface area contributed by atoms with Crippen molar-refractivity contribution < 1.29 is 9.84 Å². The fourth-order valence-electron chi connectivity index (χ4n) is 2.17. The summed E-state index contributed by atoms with van der Waals surface area (Å²) in [6.45, 7) is 0.138. The number of rotatable bonds is 4. The molecule has 0 unspecified atom stereocenters. The zero-order valence-electron chi connectivity index (χ0n) is 9.44. The fourth-order valence-corrected chi connectivity index (χ4v) is 2.17. The van der Waals surface area contributed by atoms with E-state index in [1.165, 1.54) is 6.33 Å². The van der Waals surface area contributed by atoms with Gasteiger partial charge in [0.25, 0.3) is 0 Å². The summed E-state index contributed by atoms with van der Waals surface area (Å²) < 4.78 is 5.03. The summed E-state index contributed by atoms with van der Waals surface area (Å²) in [5, 5.41) is 12.8. The van der Waals surface area contributed by atoms with Gasteiger partial charge in [-0.25, -0.2) is 9.97 Å². The SMILES string of the molecule is COc1cc(NC2(CO)CCCC2)ncn1. The van der Waals surface area contributed by atoms with Crippen LogP contribution in [0.2, 0.25) is 0 Å². The second kappa shape index (κ2) is 4.65. The predicted octanol–water partition coefficient (Wildman–Crippen LogP) is 1.20. The Morgan fingerprint density at radius 2 is 2.19 bits per heavy atom. The van der Waals surface area contributed by atoms with Gasteiger partial charge in [-0.05, 0) is 12.8 Å². The average Bonchev–Trinajstić information content (AvgIpc) is 2.78. The molecule has 0 aliphatic heterocycles. The maximum absolute atomic E-state index is 9.47. The molecule has 1 fully saturated rings. The highest BCUT2D eigenvalue weighted by atomic mass is 16.5. The van der Waals surface area contributed by atoms with E-state index in [9.17, 15) is 5.11 Å². The third-order valence-corrected chi connectivity index (χ3v) is 3.11. The molecule has 0 bridgehead atoms. The zero-order valence-corrected chi connectivity index (χ0v) is 9.44. The van der Waals surface area contributed by atoms with Gasteiger partial charge < -0.3 is 15.2 Å². The van der Waals surface area contributed by atoms with Crippen LogP contribution in [0.3, 0.4) is 0 Å². The molecule has 1 aliphatic carbocycles. The summed E-state index contributed by atoms with van der Waals surface area (Å²) in [5.74, 6) is 1.24. The number of nitrogens with zero attached hydrogens (tertiary/aromatic N) is 2. The highest BCUT2D eigenvalue weighted by Gasteiger charge is 2.33. The van der Waals surface area contributed by atoms with Crippen LogP contribution in [0.25, 0.3) is 0 Å². The number of ether oxygens (including phenoxy) is 1. The van der Waals surface area contributed by atoms with Gasteiger partial charge in [0.15, 0.2) is 0 Å². The number of aliphatic hydroxyl groups is 1. The van der Waals surface area contributed by atoms with Crippen molar-refractivity contribution in [1.82, 2.24) is 9.97 Å². The minimum atomic E-state index is -0.209. The predicted molar refractivity (Wildman–Crippen MR) is 60.5 cm³/mol. The molecule has 0 atom stereocenters. The zero-order chi connectivity index (χ0) is 11.4. The van der Waals surface area contributed by atoms with Gasteiger partial charge in [0, 0.05) is 6.07 Å². The quantitative estimate of drug-likeness (QED) is 0.803. The second-order valence-electron chi connectivity index (χ2n) is 4.22. The van der Waals surface area contributed by atoms with E-state index < -0.39 is 0 Å². The number of hydrogen-bond acceptors (Lipinski definition) is 5. The van der Waals surface area contributed by atoms with Crippen LogP contribution < -0.4 is 10.1 Å². The molecule has 2 rings (SSSR count). The van der Waals surface area contributed by atoms with Crippen molar-refractivity contribution in [3.05, 3.63) is 12.4 Å². The molecule has 1 aromatic rings. The van der Waals surface area contributed by atoms with Crippen LogP contribution in [-0.4, -0.2) is 34.3 Å². The van der Waals surface area contributed by atoms with Gasteiger partial charge in [-0.3, -0.25) is 0 Å². The Morgan fingerprint density at radius 1 is 1.44 bits per heavy atom. The topological polar surface area (TPSA) is 67.3 Å². The summed E-state index contributed by atoms with van der Waals surface area (Å²) in [5.41, 5.74) is -0.209. The van der Waals surface area contributed by atoms with Crippen molar-refractivity contribution in [2.75, 3.05) is 19.0 Å². The lowest BCUT2D eigenvalue weighted by molar-refractivity contribution is 0.213. The van der Waals surface area contributed by atoms with E-state index in [0.29, 0.717) is 11.7 Å². The second-order valence-corrected chi connectivity index (χ2v) is 4.22. The van der Waals surface area contributed by atoms with Crippen molar-refractivity contribution in [3.8, 4) is 5.88 Å². The fraction of sp³-hybridized carbons (Fsp3) is 0.636. The third kappa shape index (κ3) is 2.24. The minimum Gasteiger partial charge on any atom is -0.481 e. The number of aliphatic hydroxyl groups excluding tert-OH is 1. The maximum atomic E-state index is 9.47. The van der Waals surface area contributed by atoms with Crippen LogP contribution in [0.15, 0.2) is 12.4 Å². The first kappa shape index (κ1) is 11.1. The number of nitrogens with one attached hydrogen (secondary N) is 1. The lowest BCUT2D eigenvalue weighted by Crippen LogP contribution is -2.39. The van der Waals surface area contributed by atoms with E-state index in [-0.39, 0.29) is 12.1 Å². The van der Waals surface area contributed by atoms with Gasteiger partial charge in [0.05, 0.1) is 19.3 Å². The smallest absolute Gasteiger partial charge is 0.218 e. The van der Waals surface area contributed by atoms with E-state index in [1.807, 2.05) is 0 Å². The number of anilines is 1. The van der Waals surface area contributed by atoms with Crippen LogP contribution in [0.5, 0.6) is 5.88 Å². The van der Waals surface area contributed by atoms with Crippen LogP contribution >= 0.6 is 0 Å². The molecular formula is C11H17N3O2. The summed E-state index contributed by atoms with van der Waals surface area (Å²) in [6.07, 6.45) is 5.72. The number of aromatic nitrogens is 2. The van der Waals surface area contributed by atoms with E-state index >= 15 is 0 Å². The molecule has 0 radical (unpaired) electrons.